The van der Waals surface area contributed by atoms with Gasteiger partial charge >= 0.3 is 11.1 Å². The maximum atomic E-state index is 11.4. The van der Waals surface area contributed by atoms with E-state index >= 15 is 0 Å². The third-order valence-corrected chi connectivity index (χ3v) is 2.17. The second-order valence-corrected chi connectivity index (χ2v) is 3.13. The second kappa shape index (κ2) is 3.98. The lowest BCUT2D eigenvalue weighted by atomic mass is 10.1. The van der Waals surface area contributed by atoms with Gasteiger partial charge in [-0.25, -0.2) is 4.84 Å². The molecule has 2 aromatic carbocycles. The van der Waals surface area contributed by atoms with Crippen LogP contribution in [0, 0.1) is 10.1 Å². The van der Waals surface area contributed by atoms with E-state index in [-0.39, 0.29) is 5.56 Å². The van der Waals surface area contributed by atoms with Crippen molar-refractivity contribution < 1.29 is 14.7 Å². The third kappa shape index (κ3) is 1.83. The Morgan fingerprint density at radius 3 is 2.56 bits per heavy atom. The number of hydrogen-bond donors (Lipinski definition) is 0. The predicted molar refractivity (Wildman–Crippen MR) is 56.4 cm³/mol. The number of nitrogens with zero attached hydrogens (tertiary/aromatic N) is 1. The van der Waals surface area contributed by atoms with Crippen LogP contribution in [0.1, 0.15) is 10.4 Å². The molecule has 16 heavy (non-hydrogen) atoms. The molecule has 0 amide bonds. The molecule has 5 nitrogen and oxygen atoms in total. The van der Waals surface area contributed by atoms with Crippen LogP contribution in [0.3, 0.4) is 0 Å². The van der Waals surface area contributed by atoms with Crippen molar-refractivity contribution in [2.24, 2.45) is 0 Å². The standard InChI is InChI=1S/C11H7NO4/c13-11(16-12(14)15)10-7-3-5-8-4-1-2-6-9(8)10/h1-7H. The van der Waals surface area contributed by atoms with Gasteiger partial charge in [0.25, 0.3) is 0 Å². The first-order valence-electron chi connectivity index (χ1n) is 4.53. The molecular formula is C11H7NO4. The molecule has 0 aliphatic heterocycles. The summed E-state index contributed by atoms with van der Waals surface area (Å²) in [5.74, 6) is -0.957. The van der Waals surface area contributed by atoms with E-state index in [2.05, 4.69) is 4.84 Å². The van der Waals surface area contributed by atoms with Crippen molar-refractivity contribution in [3.05, 3.63) is 58.1 Å². The van der Waals surface area contributed by atoms with Gasteiger partial charge in [0.1, 0.15) is 0 Å². The Bertz CT molecular complexity index is 559. The normalized spacial score (nSPS) is 10.0. The number of rotatable bonds is 2. The molecule has 0 unspecified atom stereocenters. The van der Waals surface area contributed by atoms with Gasteiger partial charge in [-0.15, -0.1) is 10.1 Å². The molecule has 0 radical (unpaired) electrons. The van der Waals surface area contributed by atoms with Gasteiger partial charge in [-0.3, -0.25) is 4.79 Å². The zero-order valence-corrected chi connectivity index (χ0v) is 8.12. The highest BCUT2D eigenvalue weighted by molar-refractivity contribution is 6.04. The van der Waals surface area contributed by atoms with Gasteiger partial charge in [0.05, 0.1) is 5.56 Å². The van der Waals surface area contributed by atoms with E-state index in [0.717, 1.165) is 5.39 Å². The Morgan fingerprint density at radius 1 is 1.12 bits per heavy atom. The average molecular weight is 217 g/mol. The van der Waals surface area contributed by atoms with Gasteiger partial charge in [0.2, 0.25) is 0 Å². The van der Waals surface area contributed by atoms with E-state index in [9.17, 15) is 14.9 Å². The summed E-state index contributed by atoms with van der Waals surface area (Å²) in [6, 6.07) is 12.1. The van der Waals surface area contributed by atoms with Crippen LogP contribution in [-0.4, -0.2) is 11.1 Å². The molecule has 0 heterocycles. The van der Waals surface area contributed by atoms with E-state index in [1.54, 1.807) is 18.2 Å². The first-order chi connectivity index (χ1) is 7.68. The summed E-state index contributed by atoms with van der Waals surface area (Å²) in [5.41, 5.74) is 0.190. The van der Waals surface area contributed by atoms with Crippen molar-refractivity contribution >= 4 is 16.7 Å². The number of carbonyl (C=O) groups excluding carboxylic acids is 1. The maximum Gasteiger partial charge on any atom is 0.335 e. The Labute approximate surface area is 90.4 Å². The third-order valence-electron chi connectivity index (χ3n) is 2.17. The minimum absolute atomic E-state index is 0.190. The fourth-order valence-electron chi connectivity index (χ4n) is 1.52. The smallest absolute Gasteiger partial charge is 0.263 e. The monoisotopic (exact) mass is 217 g/mol. The number of hydrogen-bond acceptors (Lipinski definition) is 4. The van der Waals surface area contributed by atoms with Crippen molar-refractivity contribution in [3.63, 3.8) is 0 Å². The van der Waals surface area contributed by atoms with Crippen LogP contribution in [-0.2, 0) is 4.84 Å². The Balaban J connectivity index is 2.52. The lowest BCUT2D eigenvalue weighted by molar-refractivity contribution is -0.727. The largest absolute Gasteiger partial charge is 0.335 e. The molecule has 0 spiro atoms. The first-order valence-corrected chi connectivity index (χ1v) is 4.53. The Kier molecular flexibility index (Phi) is 2.51. The van der Waals surface area contributed by atoms with Crippen molar-refractivity contribution in [1.29, 1.82) is 0 Å². The summed E-state index contributed by atoms with van der Waals surface area (Å²) >= 11 is 0. The fourth-order valence-corrected chi connectivity index (χ4v) is 1.52. The minimum Gasteiger partial charge on any atom is -0.263 e. The molecule has 0 atom stereocenters. The van der Waals surface area contributed by atoms with Gasteiger partial charge in [-0.05, 0) is 16.8 Å². The number of benzene rings is 2. The van der Waals surface area contributed by atoms with E-state index in [1.165, 1.54) is 6.07 Å². The molecule has 0 aromatic heterocycles. The summed E-state index contributed by atoms with van der Waals surface area (Å²) in [5, 5.41) is 10.4. The summed E-state index contributed by atoms with van der Waals surface area (Å²) in [7, 11) is 0. The lowest BCUT2D eigenvalue weighted by Crippen LogP contribution is -2.10. The quantitative estimate of drug-likeness (QED) is 0.571. The SMILES string of the molecule is O=C(O[N+](=O)[O-])c1cccc2ccccc12. The summed E-state index contributed by atoms with van der Waals surface area (Å²) in [6.45, 7) is 0. The topological polar surface area (TPSA) is 69.4 Å². The summed E-state index contributed by atoms with van der Waals surface area (Å²) < 4.78 is 0. The van der Waals surface area contributed by atoms with Gasteiger partial charge in [-0.1, -0.05) is 36.4 Å². The zero-order valence-electron chi connectivity index (χ0n) is 8.12. The highest BCUT2D eigenvalue weighted by Crippen LogP contribution is 2.19. The first kappa shape index (κ1) is 10.1. The van der Waals surface area contributed by atoms with E-state index in [4.69, 9.17) is 0 Å². The molecule has 80 valence electrons. The molecule has 0 fully saturated rings. The van der Waals surface area contributed by atoms with Gasteiger partial charge in [0.15, 0.2) is 0 Å². The molecule has 0 N–H and O–H groups in total. The molecule has 0 saturated heterocycles. The van der Waals surface area contributed by atoms with Crippen molar-refractivity contribution in [2.75, 3.05) is 0 Å². The summed E-state index contributed by atoms with van der Waals surface area (Å²) in [6.07, 6.45) is 0. The van der Waals surface area contributed by atoms with Crippen molar-refractivity contribution in [3.8, 4) is 0 Å². The van der Waals surface area contributed by atoms with Crippen LogP contribution in [0.4, 0.5) is 0 Å². The van der Waals surface area contributed by atoms with Crippen LogP contribution in [0.25, 0.3) is 10.8 Å². The van der Waals surface area contributed by atoms with Crippen LogP contribution in [0.5, 0.6) is 0 Å². The number of carbonyl (C=O) groups is 1. The fraction of sp³-hybridized carbons (Fsp3) is 0. The lowest BCUT2D eigenvalue weighted by Gasteiger charge is -2.03. The molecule has 5 heteroatoms. The van der Waals surface area contributed by atoms with Gasteiger partial charge in [-0.2, -0.15) is 0 Å². The molecular weight excluding hydrogens is 210 g/mol. The Hall–Kier alpha value is -2.43. The molecule has 2 aromatic rings. The van der Waals surface area contributed by atoms with Gasteiger partial charge < -0.3 is 0 Å². The van der Waals surface area contributed by atoms with Crippen molar-refractivity contribution in [1.82, 2.24) is 0 Å². The van der Waals surface area contributed by atoms with Crippen molar-refractivity contribution in [2.45, 2.75) is 0 Å². The highest BCUT2D eigenvalue weighted by atomic mass is 17.0. The average Bonchev–Trinajstić information content (AvgIpc) is 2.27. The van der Waals surface area contributed by atoms with E-state index < -0.39 is 11.1 Å². The molecule has 2 rings (SSSR count). The van der Waals surface area contributed by atoms with Crippen LogP contribution >= 0.6 is 0 Å². The molecule has 0 saturated carbocycles. The second-order valence-electron chi connectivity index (χ2n) is 3.13. The number of fused-ring (bicyclic) bond motifs is 1. The predicted octanol–water partition coefficient (Wildman–Crippen LogP) is 2.19. The van der Waals surface area contributed by atoms with E-state index in [1.807, 2.05) is 18.2 Å². The molecule has 0 bridgehead atoms. The highest BCUT2D eigenvalue weighted by Gasteiger charge is 2.13. The van der Waals surface area contributed by atoms with E-state index in [0.29, 0.717) is 5.39 Å². The van der Waals surface area contributed by atoms with Crippen LogP contribution in [0.2, 0.25) is 0 Å². The van der Waals surface area contributed by atoms with Crippen LogP contribution < -0.4 is 0 Å². The Morgan fingerprint density at radius 2 is 1.81 bits per heavy atom. The molecule has 0 aliphatic rings. The zero-order chi connectivity index (χ0) is 11.5. The molecule has 0 aliphatic carbocycles. The van der Waals surface area contributed by atoms with Gasteiger partial charge in [0, 0.05) is 0 Å². The maximum absolute atomic E-state index is 11.4. The van der Waals surface area contributed by atoms with Crippen LogP contribution in [0.15, 0.2) is 42.5 Å². The summed E-state index contributed by atoms with van der Waals surface area (Å²) in [4.78, 5) is 25.4. The minimum atomic E-state index is -1.11.